The number of fused-ring (bicyclic) bond motifs is 3. The van der Waals surface area contributed by atoms with E-state index in [9.17, 15) is 0 Å². The molecule has 0 saturated carbocycles. The topological polar surface area (TPSA) is 12.0 Å². The van der Waals surface area contributed by atoms with Gasteiger partial charge in [0.25, 0.3) is 0 Å². The van der Waals surface area contributed by atoms with E-state index >= 15 is 0 Å². The fourth-order valence-corrected chi connectivity index (χ4v) is 3.80. The summed E-state index contributed by atoms with van der Waals surface area (Å²) in [7, 11) is 0. The Morgan fingerprint density at radius 1 is 1.00 bits per heavy atom. The largest absolute Gasteiger partial charge is 1.00 e. The highest BCUT2D eigenvalue weighted by Gasteiger charge is 2.18. The lowest BCUT2D eigenvalue weighted by Gasteiger charge is -2.19. The van der Waals surface area contributed by atoms with Crippen molar-refractivity contribution in [3.8, 4) is 0 Å². The van der Waals surface area contributed by atoms with Crippen LogP contribution in [0.25, 0.3) is 21.8 Å². The fraction of sp³-hybridized carbons (Fsp3) is 0.476. The van der Waals surface area contributed by atoms with Crippen molar-refractivity contribution in [1.82, 2.24) is 9.47 Å². The van der Waals surface area contributed by atoms with Crippen LogP contribution >= 0.6 is 0 Å². The third kappa shape index (κ3) is 3.75. The molecule has 3 rings (SSSR count). The Hall–Kier alpha value is -1.39. The minimum atomic E-state index is 0. The van der Waals surface area contributed by atoms with Gasteiger partial charge < -0.3 is 26.4 Å². The maximum atomic E-state index is 2.53. The van der Waals surface area contributed by atoms with Gasteiger partial charge in [-0.3, -0.25) is 0 Å². The minimum Gasteiger partial charge on any atom is -1.00 e. The van der Waals surface area contributed by atoms with Gasteiger partial charge in [-0.1, -0.05) is 39.0 Å². The molecule has 0 aliphatic rings. The van der Waals surface area contributed by atoms with Crippen LogP contribution in [0.1, 0.15) is 32.9 Å². The van der Waals surface area contributed by atoms with Crippen molar-refractivity contribution >= 4 is 21.8 Å². The summed E-state index contributed by atoms with van der Waals surface area (Å²) in [5, 5.41) is 2.76. The summed E-state index contributed by atoms with van der Waals surface area (Å²) in [5.74, 6) is 0. The average Bonchev–Trinajstić information content (AvgIpc) is 2.93. The van der Waals surface area contributed by atoms with Crippen LogP contribution in [0.5, 0.6) is 0 Å². The van der Waals surface area contributed by atoms with Crippen LogP contribution in [0.15, 0.2) is 36.5 Å². The van der Waals surface area contributed by atoms with Gasteiger partial charge in [0.15, 0.2) is 6.20 Å². The lowest BCUT2D eigenvalue weighted by Crippen LogP contribution is -3.00. The van der Waals surface area contributed by atoms with Gasteiger partial charge in [-0.15, -0.1) is 0 Å². The van der Waals surface area contributed by atoms with Gasteiger partial charge in [0.2, 0.25) is 5.69 Å². The number of hydrogen-bond acceptors (Lipinski definition) is 1. The van der Waals surface area contributed by atoms with Gasteiger partial charge in [0, 0.05) is 48.8 Å². The number of aromatic nitrogens is 2. The molecule has 0 aliphatic carbocycles. The summed E-state index contributed by atoms with van der Waals surface area (Å²) in [6, 6.07) is 11.1. The summed E-state index contributed by atoms with van der Waals surface area (Å²) in [6.45, 7) is 14.5. The zero-order valence-corrected chi connectivity index (χ0v) is 17.5. The van der Waals surface area contributed by atoms with Crippen LogP contribution < -0.4 is 21.5 Å². The van der Waals surface area contributed by atoms with Crippen molar-refractivity contribution in [2.24, 2.45) is 0 Å². The number of benzene rings is 1. The highest BCUT2D eigenvalue weighted by Crippen LogP contribution is 2.29. The molecule has 0 N–H and O–H groups in total. The lowest BCUT2D eigenvalue weighted by atomic mass is 10.1. The molecule has 0 atom stereocenters. The SMILES string of the molecule is CCC[n+]1ccc2c3ccccc3n(CCN(CC)CC)c2c1C.[Br-]. The minimum absolute atomic E-state index is 0. The van der Waals surface area contributed by atoms with E-state index in [-0.39, 0.29) is 17.0 Å². The van der Waals surface area contributed by atoms with Gasteiger partial charge in [0.05, 0.1) is 0 Å². The number of hydrogen-bond donors (Lipinski definition) is 0. The second kappa shape index (κ2) is 8.81. The van der Waals surface area contributed by atoms with Gasteiger partial charge >= 0.3 is 0 Å². The van der Waals surface area contributed by atoms with Crippen LogP contribution in [0.2, 0.25) is 0 Å². The Morgan fingerprint density at radius 3 is 2.40 bits per heavy atom. The van der Waals surface area contributed by atoms with Crippen molar-refractivity contribution in [2.45, 2.75) is 47.2 Å². The summed E-state index contributed by atoms with van der Waals surface area (Å²) < 4.78 is 4.93. The van der Waals surface area contributed by atoms with Crippen molar-refractivity contribution in [2.75, 3.05) is 19.6 Å². The Bertz CT molecular complexity index is 834. The predicted molar refractivity (Wildman–Crippen MR) is 102 cm³/mol. The zero-order chi connectivity index (χ0) is 17.1. The predicted octanol–water partition coefficient (Wildman–Crippen LogP) is 1.15. The van der Waals surface area contributed by atoms with Crippen LogP contribution in [-0.2, 0) is 13.1 Å². The Morgan fingerprint density at radius 2 is 1.72 bits per heavy atom. The lowest BCUT2D eigenvalue weighted by molar-refractivity contribution is -0.701. The molecule has 0 unspecified atom stereocenters. The number of pyridine rings is 1. The summed E-state index contributed by atoms with van der Waals surface area (Å²) in [4.78, 5) is 2.50. The molecule has 3 nitrogen and oxygen atoms in total. The maximum Gasteiger partial charge on any atom is 0.202 e. The number of likely N-dealkylation sites (N-methyl/N-ethyl adjacent to an activating group) is 1. The Labute approximate surface area is 162 Å². The quantitative estimate of drug-likeness (QED) is 0.538. The first kappa shape index (κ1) is 19.9. The number of halogens is 1. The van der Waals surface area contributed by atoms with Crippen molar-refractivity contribution in [1.29, 1.82) is 0 Å². The van der Waals surface area contributed by atoms with Crippen LogP contribution in [0.4, 0.5) is 0 Å². The molecular weight excluding hydrogens is 374 g/mol. The maximum absolute atomic E-state index is 2.53. The summed E-state index contributed by atoms with van der Waals surface area (Å²) in [6.07, 6.45) is 3.42. The highest BCUT2D eigenvalue weighted by atomic mass is 79.9. The molecule has 0 radical (unpaired) electrons. The standard InChI is InChI=1S/C21H30N3.BrH/c1-5-13-23-14-12-19-18-10-8-9-11-20(18)24(21(19)17(23)4)16-15-22(6-2)7-3;/h8-12,14H,5-7,13,15-16H2,1-4H3;1H/q+1;/p-1. The molecule has 25 heavy (non-hydrogen) atoms. The number of aryl methyl sites for hydroxylation is 2. The number of rotatable bonds is 7. The van der Waals surface area contributed by atoms with E-state index in [2.05, 4.69) is 78.3 Å². The number of nitrogens with zero attached hydrogens (tertiary/aromatic N) is 3. The van der Waals surface area contributed by atoms with E-state index in [4.69, 9.17) is 0 Å². The van der Waals surface area contributed by atoms with E-state index in [0.717, 1.165) is 39.1 Å². The second-order valence-corrected chi connectivity index (χ2v) is 6.55. The fourth-order valence-electron chi connectivity index (χ4n) is 3.80. The van der Waals surface area contributed by atoms with E-state index < -0.39 is 0 Å². The summed E-state index contributed by atoms with van der Waals surface area (Å²) in [5.41, 5.74) is 4.14. The van der Waals surface area contributed by atoms with Crippen molar-refractivity contribution in [3.63, 3.8) is 0 Å². The molecule has 0 fully saturated rings. The normalized spacial score (nSPS) is 11.4. The molecule has 0 saturated heterocycles. The molecule has 1 aromatic carbocycles. The molecule has 2 aromatic heterocycles. The van der Waals surface area contributed by atoms with Gasteiger partial charge in [-0.25, -0.2) is 4.57 Å². The first-order valence-electron chi connectivity index (χ1n) is 9.33. The van der Waals surface area contributed by atoms with Crippen LogP contribution in [0.3, 0.4) is 0 Å². The van der Waals surface area contributed by atoms with Crippen molar-refractivity contribution < 1.29 is 21.5 Å². The third-order valence-corrected chi connectivity index (χ3v) is 5.20. The molecular formula is C21H30BrN3. The van der Waals surface area contributed by atoms with Gasteiger partial charge in [-0.2, -0.15) is 0 Å². The molecule has 2 heterocycles. The van der Waals surface area contributed by atoms with Gasteiger partial charge in [0.1, 0.15) is 12.1 Å². The van der Waals surface area contributed by atoms with E-state index in [1.54, 1.807) is 0 Å². The smallest absolute Gasteiger partial charge is 0.202 e. The Balaban J connectivity index is 0.00000225. The molecule has 0 amide bonds. The number of para-hydroxylation sites is 1. The molecule has 0 spiro atoms. The molecule has 3 aromatic rings. The molecule has 4 heteroatoms. The average molecular weight is 404 g/mol. The first-order valence-corrected chi connectivity index (χ1v) is 9.33. The van der Waals surface area contributed by atoms with E-state index in [1.165, 1.54) is 27.5 Å². The first-order chi connectivity index (χ1) is 11.7. The van der Waals surface area contributed by atoms with Gasteiger partial charge in [-0.05, 0) is 19.2 Å². The second-order valence-electron chi connectivity index (χ2n) is 6.55. The molecule has 0 aliphatic heterocycles. The molecule has 0 bridgehead atoms. The molecule has 136 valence electrons. The monoisotopic (exact) mass is 403 g/mol. The van der Waals surface area contributed by atoms with Crippen LogP contribution in [0, 0.1) is 6.92 Å². The third-order valence-electron chi connectivity index (χ3n) is 5.20. The van der Waals surface area contributed by atoms with E-state index in [1.807, 2.05) is 0 Å². The van der Waals surface area contributed by atoms with Crippen LogP contribution in [-0.4, -0.2) is 29.1 Å². The summed E-state index contributed by atoms with van der Waals surface area (Å²) >= 11 is 0. The van der Waals surface area contributed by atoms with E-state index in [0.29, 0.717) is 0 Å². The zero-order valence-electron chi connectivity index (χ0n) is 15.9. The highest BCUT2D eigenvalue weighted by molar-refractivity contribution is 6.08. The van der Waals surface area contributed by atoms with Crippen molar-refractivity contribution in [3.05, 3.63) is 42.2 Å². The Kier molecular flexibility index (Phi) is 7.03.